The number of ether oxygens (including phenoxy) is 3. The molecule has 0 amide bonds. The van der Waals surface area contributed by atoms with Gasteiger partial charge in [0.1, 0.15) is 5.75 Å². The fraction of sp³-hybridized carbons (Fsp3) is 0.250. The maximum absolute atomic E-state index is 13.1. The molecule has 1 fully saturated rings. The first-order chi connectivity index (χ1) is 14.1. The molecule has 1 heterocycles. The first-order valence-corrected chi connectivity index (χ1v) is 9.70. The Morgan fingerprint density at radius 3 is 2.52 bits per heavy atom. The molecule has 1 atom stereocenters. The second kappa shape index (κ2) is 6.79. The fourth-order valence-electron chi connectivity index (χ4n) is 4.50. The number of carbonyl (C=O) groups is 2. The molecule has 0 saturated carbocycles. The van der Waals surface area contributed by atoms with Gasteiger partial charge in [-0.25, -0.2) is 0 Å². The van der Waals surface area contributed by atoms with E-state index in [9.17, 15) is 9.59 Å². The number of hydrogen-bond acceptors (Lipinski definition) is 5. The summed E-state index contributed by atoms with van der Waals surface area (Å²) in [5.74, 6) is -1.65. The molecule has 0 bridgehead atoms. The molecule has 0 radical (unpaired) electrons. The highest BCUT2D eigenvalue weighted by Crippen LogP contribution is 2.53. The van der Waals surface area contributed by atoms with E-state index in [1.807, 2.05) is 30.3 Å². The predicted molar refractivity (Wildman–Crippen MR) is 107 cm³/mol. The van der Waals surface area contributed by atoms with Gasteiger partial charge < -0.3 is 14.2 Å². The average molecular weight is 388 g/mol. The second-order valence-electron chi connectivity index (χ2n) is 7.42. The first kappa shape index (κ1) is 18.0. The Hall–Kier alpha value is -3.02. The van der Waals surface area contributed by atoms with Crippen LogP contribution < -0.4 is 4.74 Å². The van der Waals surface area contributed by atoms with Gasteiger partial charge in [-0.15, -0.1) is 0 Å². The van der Waals surface area contributed by atoms with Crippen LogP contribution in [-0.4, -0.2) is 25.0 Å². The quantitative estimate of drug-likeness (QED) is 0.483. The van der Waals surface area contributed by atoms with Gasteiger partial charge in [-0.2, -0.15) is 0 Å². The van der Waals surface area contributed by atoms with Crippen LogP contribution in [0.5, 0.6) is 5.75 Å². The Bertz CT molecular complexity index is 1130. The van der Waals surface area contributed by atoms with Crippen LogP contribution in [0.3, 0.4) is 0 Å². The van der Waals surface area contributed by atoms with Crippen molar-refractivity contribution in [3.05, 3.63) is 77.4 Å². The number of fused-ring (bicyclic) bond motifs is 3. The SMILES string of the molecule is CC(=O)Oc1cccc2c1C1(OCCO1)C(c1ccc3ccccc3c1)CC2=O. The molecular weight excluding hydrogens is 368 g/mol. The van der Waals surface area contributed by atoms with Gasteiger partial charge in [0.2, 0.25) is 5.79 Å². The molecule has 1 spiro atoms. The van der Waals surface area contributed by atoms with Crippen LogP contribution in [-0.2, 0) is 20.1 Å². The van der Waals surface area contributed by atoms with Crippen molar-refractivity contribution in [2.24, 2.45) is 0 Å². The third-order valence-corrected chi connectivity index (χ3v) is 5.67. The molecule has 29 heavy (non-hydrogen) atoms. The molecule has 3 aromatic carbocycles. The van der Waals surface area contributed by atoms with E-state index in [0.717, 1.165) is 16.3 Å². The van der Waals surface area contributed by atoms with E-state index in [1.165, 1.54) is 6.92 Å². The summed E-state index contributed by atoms with van der Waals surface area (Å²) in [6, 6.07) is 19.4. The zero-order chi connectivity index (χ0) is 20.0. The maximum atomic E-state index is 13.1. The van der Waals surface area contributed by atoms with E-state index >= 15 is 0 Å². The van der Waals surface area contributed by atoms with Crippen LogP contribution in [0.15, 0.2) is 60.7 Å². The van der Waals surface area contributed by atoms with Crippen molar-refractivity contribution in [3.8, 4) is 5.75 Å². The van der Waals surface area contributed by atoms with Gasteiger partial charge in [-0.3, -0.25) is 9.59 Å². The lowest BCUT2D eigenvalue weighted by Crippen LogP contribution is -2.41. The Morgan fingerprint density at radius 1 is 1.00 bits per heavy atom. The lowest BCUT2D eigenvalue weighted by atomic mass is 9.73. The number of benzene rings is 3. The van der Waals surface area contributed by atoms with Gasteiger partial charge in [0.25, 0.3) is 0 Å². The van der Waals surface area contributed by atoms with Crippen LogP contribution in [0.4, 0.5) is 0 Å². The molecule has 5 heteroatoms. The van der Waals surface area contributed by atoms with Crippen LogP contribution in [0.2, 0.25) is 0 Å². The Kier molecular flexibility index (Phi) is 4.23. The number of ketones is 1. The topological polar surface area (TPSA) is 61.8 Å². The number of esters is 1. The molecule has 1 saturated heterocycles. The number of rotatable bonds is 2. The molecule has 0 aromatic heterocycles. The third-order valence-electron chi connectivity index (χ3n) is 5.67. The molecule has 1 aliphatic heterocycles. The summed E-state index contributed by atoms with van der Waals surface area (Å²) in [6.07, 6.45) is 0.259. The summed E-state index contributed by atoms with van der Waals surface area (Å²) < 4.78 is 17.8. The standard InChI is InChI=1S/C24H20O5/c1-15(25)29-22-8-4-7-19-21(26)14-20(24(23(19)22)27-11-12-28-24)18-10-9-16-5-2-3-6-17(16)13-18/h2-10,13,20H,11-12,14H2,1H3. The van der Waals surface area contributed by atoms with Gasteiger partial charge in [-0.1, -0.05) is 54.6 Å². The van der Waals surface area contributed by atoms with Gasteiger partial charge in [0.05, 0.1) is 24.7 Å². The summed E-state index contributed by atoms with van der Waals surface area (Å²) in [5.41, 5.74) is 1.96. The van der Waals surface area contributed by atoms with E-state index in [0.29, 0.717) is 30.1 Å². The van der Waals surface area contributed by atoms with E-state index in [2.05, 4.69) is 12.1 Å². The van der Waals surface area contributed by atoms with Gasteiger partial charge in [-0.05, 0) is 22.4 Å². The third kappa shape index (κ3) is 2.85. The second-order valence-corrected chi connectivity index (χ2v) is 7.42. The van der Waals surface area contributed by atoms with E-state index in [4.69, 9.17) is 14.2 Å². The van der Waals surface area contributed by atoms with Gasteiger partial charge in [0.15, 0.2) is 5.78 Å². The lowest BCUT2D eigenvalue weighted by Gasteiger charge is -2.41. The number of hydrogen-bond donors (Lipinski definition) is 0. The largest absolute Gasteiger partial charge is 0.426 e. The highest BCUT2D eigenvalue weighted by molar-refractivity contribution is 6.01. The summed E-state index contributed by atoms with van der Waals surface area (Å²) in [6.45, 7) is 2.16. The van der Waals surface area contributed by atoms with Crippen LogP contribution in [0.25, 0.3) is 10.8 Å². The highest BCUT2D eigenvalue weighted by Gasteiger charge is 2.54. The number of Topliss-reactive ketones (excluding diaryl/α,β-unsaturated/α-hetero) is 1. The van der Waals surface area contributed by atoms with Crippen molar-refractivity contribution in [1.82, 2.24) is 0 Å². The maximum Gasteiger partial charge on any atom is 0.308 e. The molecule has 0 N–H and O–H groups in total. The van der Waals surface area contributed by atoms with E-state index in [-0.39, 0.29) is 18.1 Å². The first-order valence-electron chi connectivity index (χ1n) is 9.70. The predicted octanol–water partition coefficient (Wildman–Crippen LogP) is 4.33. The molecule has 1 aliphatic carbocycles. The van der Waals surface area contributed by atoms with Crippen molar-refractivity contribution in [3.63, 3.8) is 0 Å². The smallest absolute Gasteiger partial charge is 0.308 e. The Balaban J connectivity index is 1.71. The molecule has 1 unspecified atom stereocenters. The van der Waals surface area contributed by atoms with Gasteiger partial charge in [0, 0.05) is 18.9 Å². The molecule has 3 aromatic rings. The van der Waals surface area contributed by atoms with Crippen molar-refractivity contribution in [1.29, 1.82) is 0 Å². The Morgan fingerprint density at radius 2 is 1.76 bits per heavy atom. The molecule has 5 rings (SSSR count). The minimum Gasteiger partial charge on any atom is -0.426 e. The molecule has 2 aliphatic rings. The summed E-state index contributed by atoms with van der Waals surface area (Å²) in [4.78, 5) is 24.8. The minimum absolute atomic E-state index is 0.0168. The van der Waals surface area contributed by atoms with Crippen molar-refractivity contribution in [2.75, 3.05) is 13.2 Å². The molecule has 146 valence electrons. The summed E-state index contributed by atoms with van der Waals surface area (Å²) >= 11 is 0. The van der Waals surface area contributed by atoms with Crippen molar-refractivity contribution >= 4 is 22.5 Å². The molecular formula is C24H20O5. The van der Waals surface area contributed by atoms with Crippen LogP contribution in [0, 0.1) is 0 Å². The normalized spacial score (nSPS) is 20.0. The zero-order valence-electron chi connectivity index (χ0n) is 16.0. The minimum atomic E-state index is -1.16. The summed E-state index contributed by atoms with van der Waals surface area (Å²) in [5, 5.41) is 2.21. The molecule has 5 nitrogen and oxygen atoms in total. The van der Waals surface area contributed by atoms with E-state index in [1.54, 1.807) is 18.2 Å². The lowest BCUT2D eigenvalue weighted by molar-refractivity contribution is -0.187. The average Bonchev–Trinajstić information content (AvgIpc) is 3.20. The number of carbonyl (C=O) groups excluding carboxylic acids is 2. The zero-order valence-corrected chi connectivity index (χ0v) is 16.0. The van der Waals surface area contributed by atoms with Crippen molar-refractivity contribution in [2.45, 2.75) is 25.0 Å². The Labute approximate surface area is 168 Å². The monoisotopic (exact) mass is 388 g/mol. The van der Waals surface area contributed by atoms with Crippen molar-refractivity contribution < 1.29 is 23.8 Å². The van der Waals surface area contributed by atoms with Crippen LogP contribution in [0.1, 0.15) is 40.7 Å². The fourth-order valence-corrected chi connectivity index (χ4v) is 4.50. The highest BCUT2D eigenvalue weighted by atomic mass is 16.7. The summed E-state index contributed by atoms with van der Waals surface area (Å²) in [7, 11) is 0. The van der Waals surface area contributed by atoms with Crippen LogP contribution >= 0.6 is 0 Å². The van der Waals surface area contributed by atoms with E-state index < -0.39 is 11.8 Å². The van der Waals surface area contributed by atoms with Gasteiger partial charge >= 0.3 is 5.97 Å².